The number of rotatable bonds is 35. The van der Waals surface area contributed by atoms with Crippen LogP contribution in [0.3, 0.4) is 0 Å². The summed E-state index contributed by atoms with van der Waals surface area (Å²) in [5.41, 5.74) is 0. The number of hydrogen-bond acceptors (Lipinski definition) is 4. The Kier molecular flexibility index (Phi) is 31.8. The topological polar surface area (TPSA) is 104 Å². The monoisotopic (exact) mass is 646 g/mol. The molecular formula is C37H75NO5S. The highest BCUT2D eigenvalue weighted by Crippen LogP contribution is 2.16. The van der Waals surface area contributed by atoms with Crippen molar-refractivity contribution in [2.45, 2.75) is 225 Å². The van der Waals surface area contributed by atoms with Crippen molar-refractivity contribution in [3.8, 4) is 0 Å². The van der Waals surface area contributed by atoms with Gasteiger partial charge >= 0.3 is 0 Å². The number of unbranched alkanes of at least 4 members (excludes halogenated alkanes) is 27. The highest BCUT2D eigenvalue weighted by molar-refractivity contribution is 7.85. The van der Waals surface area contributed by atoms with Crippen molar-refractivity contribution in [3.05, 3.63) is 0 Å². The predicted molar refractivity (Wildman–Crippen MR) is 189 cm³/mol. The first-order valence-electron chi connectivity index (χ1n) is 19.2. The summed E-state index contributed by atoms with van der Waals surface area (Å²) in [4.78, 5) is 12.4. The zero-order chi connectivity index (χ0) is 32.6. The molecule has 0 saturated heterocycles. The van der Waals surface area contributed by atoms with Gasteiger partial charge < -0.3 is 10.4 Å². The zero-order valence-electron chi connectivity index (χ0n) is 29.3. The van der Waals surface area contributed by atoms with E-state index in [0.717, 1.165) is 38.5 Å². The number of carbonyl (C=O) groups excluding carboxylic acids is 1. The second-order valence-electron chi connectivity index (χ2n) is 13.6. The molecule has 0 radical (unpaired) electrons. The summed E-state index contributed by atoms with van der Waals surface area (Å²) in [6.45, 7) is 4.48. The van der Waals surface area contributed by atoms with E-state index in [1.54, 1.807) is 0 Å². The Hall–Kier alpha value is -0.660. The van der Waals surface area contributed by atoms with E-state index in [1.165, 1.54) is 148 Å². The molecule has 0 aromatic heterocycles. The lowest BCUT2D eigenvalue weighted by molar-refractivity contribution is -0.122. The minimum Gasteiger partial charge on any atom is -0.391 e. The molecule has 3 N–H and O–H groups in total. The highest BCUT2D eigenvalue weighted by atomic mass is 32.2. The molecule has 6 nitrogen and oxygen atoms in total. The van der Waals surface area contributed by atoms with Crippen LogP contribution >= 0.6 is 0 Å². The molecule has 0 aromatic carbocycles. The molecule has 0 aromatic rings. The van der Waals surface area contributed by atoms with Gasteiger partial charge in [0.2, 0.25) is 5.91 Å². The van der Waals surface area contributed by atoms with Gasteiger partial charge in [0.15, 0.2) is 0 Å². The summed E-state index contributed by atoms with van der Waals surface area (Å²) >= 11 is 0. The Morgan fingerprint density at radius 3 is 1.14 bits per heavy atom. The summed E-state index contributed by atoms with van der Waals surface area (Å²) in [6.07, 6.45) is 36.4. The van der Waals surface area contributed by atoms with Gasteiger partial charge in [-0.2, -0.15) is 8.42 Å². The van der Waals surface area contributed by atoms with E-state index in [-0.39, 0.29) is 5.91 Å². The number of carbonyl (C=O) groups is 1. The van der Waals surface area contributed by atoms with Crippen LogP contribution in [0.4, 0.5) is 0 Å². The van der Waals surface area contributed by atoms with Crippen LogP contribution in [-0.4, -0.2) is 41.9 Å². The zero-order valence-corrected chi connectivity index (χ0v) is 30.1. The molecule has 0 saturated carbocycles. The highest BCUT2D eigenvalue weighted by Gasteiger charge is 2.26. The maximum absolute atomic E-state index is 12.4. The largest absolute Gasteiger partial charge is 0.391 e. The van der Waals surface area contributed by atoms with Gasteiger partial charge in [0, 0.05) is 6.42 Å². The molecule has 264 valence electrons. The van der Waals surface area contributed by atoms with Gasteiger partial charge in [-0.15, -0.1) is 0 Å². The van der Waals surface area contributed by atoms with Gasteiger partial charge in [0.1, 0.15) is 0 Å². The fourth-order valence-corrected chi connectivity index (χ4v) is 6.92. The average Bonchev–Trinajstić information content (AvgIpc) is 2.98. The first kappa shape index (κ1) is 43.3. The molecular weight excluding hydrogens is 570 g/mol. The van der Waals surface area contributed by atoms with Crippen LogP contribution in [0.5, 0.6) is 0 Å². The lowest BCUT2D eigenvalue weighted by Gasteiger charge is -2.23. The molecule has 2 atom stereocenters. The van der Waals surface area contributed by atoms with E-state index in [0.29, 0.717) is 12.8 Å². The second-order valence-corrected chi connectivity index (χ2v) is 15.1. The summed E-state index contributed by atoms with van der Waals surface area (Å²) in [7, 11) is -4.29. The van der Waals surface area contributed by atoms with Gasteiger partial charge in [0.05, 0.1) is 17.9 Å². The van der Waals surface area contributed by atoms with Gasteiger partial charge in [-0.25, -0.2) is 0 Å². The van der Waals surface area contributed by atoms with Crippen molar-refractivity contribution >= 4 is 16.0 Å². The SMILES string of the molecule is CCCCCCCCCCCCCCCCCCCCCCCC(=O)NC(CS(=O)(=O)O)C(O)CCCCCCCCCC. The molecule has 0 spiro atoms. The molecule has 0 heterocycles. The molecule has 44 heavy (non-hydrogen) atoms. The third-order valence-corrected chi connectivity index (χ3v) is 9.84. The quantitative estimate of drug-likeness (QED) is 0.0470. The molecule has 7 heteroatoms. The molecule has 2 unspecified atom stereocenters. The van der Waals surface area contributed by atoms with Crippen molar-refractivity contribution in [1.82, 2.24) is 5.32 Å². The smallest absolute Gasteiger partial charge is 0.266 e. The standard InChI is InChI=1S/C37H75NO5S/c1-3-5-7-9-11-13-14-15-16-17-18-19-20-21-22-23-24-25-27-29-31-33-37(40)38-35(34-44(41,42)43)36(39)32-30-28-26-12-10-8-6-4-2/h35-36,39H,3-34H2,1-2H3,(H,38,40)(H,41,42,43). The lowest BCUT2D eigenvalue weighted by atomic mass is 10.0. The summed E-state index contributed by atoms with van der Waals surface area (Å²) < 4.78 is 32.3. The Balaban J connectivity index is 3.72. The van der Waals surface area contributed by atoms with Crippen LogP contribution in [0.15, 0.2) is 0 Å². The maximum Gasteiger partial charge on any atom is 0.266 e. The Labute approximate surface area is 274 Å². The minimum absolute atomic E-state index is 0.244. The fraction of sp³-hybridized carbons (Fsp3) is 0.973. The van der Waals surface area contributed by atoms with E-state index >= 15 is 0 Å². The average molecular weight is 646 g/mol. The van der Waals surface area contributed by atoms with Crippen LogP contribution in [0.25, 0.3) is 0 Å². The van der Waals surface area contributed by atoms with Crippen molar-refractivity contribution in [2.75, 3.05) is 5.75 Å². The van der Waals surface area contributed by atoms with Gasteiger partial charge in [-0.1, -0.05) is 194 Å². The molecule has 0 rings (SSSR count). The van der Waals surface area contributed by atoms with Gasteiger partial charge in [0.25, 0.3) is 10.1 Å². The van der Waals surface area contributed by atoms with Crippen LogP contribution in [0, 0.1) is 0 Å². The van der Waals surface area contributed by atoms with Crippen LogP contribution in [0.2, 0.25) is 0 Å². The molecule has 0 aliphatic heterocycles. The first-order valence-corrected chi connectivity index (χ1v) is 20.8. The number of hydrogen-bond donors (Lipinski definition) is 3. The Morgan fingerprint density at radius 1 is 0.523 bits per heavy atom. The first-order chi connectivity index (χ1) is 21.3. The second kappa shape index (κ2) is 32.3. The van der Waals surface area contributed by atoms with Crippen LogP contribution < -0.4 is 5.32 Å². The number of aliphatic hydroxyl groups excluding tert-OH is 1. The summed E-state index contributed by atoms with van der Waals surface area (Å²) in [6, 6.07) is -0.961. The molecule has 0 fully saturated rings. The van der Waals surface area contributed by atoms with Crippen LogP contribution in [0.1, 0.15) is 213 Å². The molecule has 0 bridgehead atoms. The Bertz CT molecular complexity index is 715. The van der Waals surface area contributed by atoms with Crippen molar-refractivity contribution in [1.29, 1.82) is 0 Å². The fourth-order valence-electron chi connectivity index (χ4n) is 6.16. The van der Waals surface area contributed by atoms with Crippen molar-refractivity contribution in [2.24, 2.45) is 0 Å². The van der Waals surface area contributed by atoms with Gasteiger partial charge in [-0.05, 0) is 12.8 Å². The number of aliphatic hydroxyl groups is 1. The number of amides is 1. The van der Waals surface area contributed by atoms with E-state index in [4.69, 9.17) is 0 Å². The van der Waals surface area contributed by atoms with Gasteiger partial charge in [-0.3, -0.25) is 9.35 Å². The number of nitrogens with one attached hydrogen (secondary N) is 1. The van der Waals surface area contributed by atoms with Crippen molar-refractivity contribution in [3.63, 3.8) is 0 Å². The van der Waals surface area contributed by atoms with Crippen LogP contribution in [-0.2, 0) is 14.9 Å². The molecule has 1 amide bonds. The third kappa shape index (κ3) is 32.7. The summed E-state index contributed by atoms with van der Waals surface area (Å²) in [5.74, 6) is -0.887. The maximum atomic E-state index is 12.4. The molecule has 0 aliphatic rings. The molecule has 0 aliphatic carbocycles. The van der Waals surface area contributed by atoms with E-state index in [2.05, 4.69) is 19.2 Å². The Morgan fingerprint density at radius 2 is 0.818 bits per heavy atom. The minimum atomic E-state index is -4.29. The van der Waals surface area contributed by atoms with E-state index in [1.807, 2.05) is 0 Å². The lowest BCUT2D eigenvalue weighted by Crippen LogP contribution is -2.47. The van der Waals surface area contributed by atoms with E-state index < -0.39 is 28.0 Å². The third-order valence-electron chi connectivity index (χ3n) is 9.06. The van der Waals surface area contributed by atoms with E-state index in [9.17, 15) is 22.9 Å². The normalized spacial score (nSPS) is 13.3. The van der Waals surface area contributed by atoms with Crippen molar-refractivity contribution < 1.29 is 22.9 Å². The summed E-state index contributed by atoms with van der Waals surface area (Å²) in [5, 5.41) is 13.2. The predicted octanol–water partition coefficient (Wildman–Crippen LogP) is 10.9.